The van der Waals surface area contributed by atoms with E-state index in [0.29, 0.717) is 5.69 Å². The fourth-order valence-electron chi connectivity index (χ4n) is 3.62. The summed E-state index contributed by atoms with van der Waals surface area (Å²) in [6.07, 6.45) is -0.609. The van der Waals surface area contributed by atoms with Gasteiger partial charge in [0.15, 0.2) is 0 Å². The average Bonchev–Trinajstić information content (AvgIpc) is 3.12. The second-order valence-electron chi connectivity index (χ2n) is 7.72. The Hall–Kier alpha value is -2.63. The highest BCUT2D eigenvalue weighted by Crippen LogP contribution is 2.41. The minimum atomic E-state index is -4.74. The van der Waals surface area contributed by atoms with Crippen LogP contribution in [-0.2, 0) is 16.9 Å². The molecule has 31 heavy (non-hydrogen) atoms. The summed E-state index contributed by atoms with van der Waals surface area (Å²) < 4.78 is 68.8. The molecule has 2 amide bonds. The predicted molar refractivity (Wildman–Crippen MR) is 107 cm³/mol. The molecule has 8 nitrogen and oxygen atoms in total. The van der Waals surface area contributed by atoms with E-state index in [2.05, 4.69) is 15.4 Å². The first-order valence-corrected chi connectivity index (χ1v) is 11.2. The van der Waals surface area contributed by atoms with Crippen molar-refractivity contribution in [3.05, 3.63) is 35.9 Å². The Morgan fingerprint density at radius 3 is 2.48 bits per heavy atom. The third-order valence-corrected chi connectivity index (χ3v) is 7.80. The van der Waals surface area contributed by atoms with Crippen molar-refractivity contribution in [3.8, 4) is 0 Å². The number of halogens is 3. The van der Waals surface area contributed by atoms with Crippen LogP contribution in [-0.4, -0.2) is 52.2 Å². The number of nitrogens with zero attached hydrogens (tertiary/aromatic N) is 4. The molecule has 1 aliphatic rings. The van der Waals surface area contributed by atoms with E-state index in [9.17, 15) is 22.0 Å². The van der Waals surface area contributed by atoms with E-state index in [4.69, 9.17) is 0 Å². The molecule has 3 heterocycles. The van der Waals surface area contributed by atoms with Gasteiger partial charge in [-0.25, -0.2) is 26.4 Å². The van der Waals surface area contributed by atoms with Crippen LogP contribution in [0.5, 0.6) is 0 Å². The van der Waals surface area contributed by atoms with Gasteiger partial charge in [-0.3, -0.25) is 9.67 Å². The van der Waals surface area contributed by atoms with E-state index in [0.717, 1.165) is 23.5 Å². The van der Waals surface area contributed by atoms with E-state index in [1.54, 1.807) is 12.1 Å². The van der Waals surface area contributed by atoms with Crippen molar-refractivity contribution in [2.75, 3.05) is 18.4 Å². The molecule has 0 spiro atoms. The summed E-state index contributed by atoms with van der Waals surface area (Å²) in [7, 11) is -3.45. The van der Waals surface area contributed by atoms with Crippen molar-refractivity contribution in [2.24, 2.45) is 13.0 Å². The van der Waals surface area contributed by atoms with Crippen LogP contribution < -0.4 is 5.32 Å². The SMILES string of the molecule is Cc1ccc(NC(=O)N2CCC([C@](C)(F)S(=O)(=O)c3cn(C)nc3C(F)F)CC2)cn1. The Morgan fingerprint density at radius 1 is 1.29 bits per heavy atom. The summed E-state index contributed by atoms with van der Waals surface area (Å²) in [6.45, 7) is 2.95. The van der Waals surface area contributed by atoms with Gasteiger partial charge in [0.1, 0.15) is 10.6 Å². The monoisotopic (exact) mass is 459 g/mol. The number of hydrogen-bond acceptors (Lipinski definition) is 5. The topological polar surface area (TPSA) is 97.2 Å². The van der Waals surface area contributed by atoms with Gasteiger partial charge in [-0.1, -0.05) is 0 Å². The summed E-state index contributed by atoms with van der Waals surface area (Å²) in [5.74, 6) is -0.965. The first-order valence-electron chi connectivity index (χ1n) is 9.67. The van der Waals surface area contributed by atoms with E-state index in [-0.39, 0.29) is 25.9 Å². The summed E-state index contributed by atoms with van der Waals surface area (Å²) in [5.41, 5.74) is 0.340. The number of likely N-dealkylation sites (tertiary alicyclic amines) is 1. The molecule has 170 valence electrons. The number of anilines is 1. The van der Waals surface area contributed by atoms with Crippen molar-refractivity contribution in [2.45, 2.75) is 43.0 Å². The van der Waals surface area contributed by atoms with Crippen LogP contribution in [0.3, 0.4) is 0 Å². The average molecular weight is 459 g/mol. The molecule has 1 fully saturated rings. The van der Waals surface area contributed by atoms with Crippen molar-refractivity contribution >= 4 is 21.6 Å². The summed E-state index contributed by atoms with van der Waals surface area (Å²) in [5, 5.41) is 3.37. The third kappa shape index (κ3) is 4.53. The number of amides is 2. The van der Waals surface area contributed by atoms with Crippen molar-refractivity contribution in [3.63, 3.8) is 0 Å². The number of hydrogen-bond donors (Lipinski definition) is 1. The predicted octanol–water partition coefficient (Wildman–Crippen LogP) is 3.46. The number of rotatable bonds is 5. The number of pyridine rings is 1. The van der Waals surface area contributed by atoms with E-state index in [1.807, 2.05) is 6.92 Å². The first kappa shape index (κ1) is 23.0. The Balaban J connectivity index is 1.70. The number of aromatic nitrogens is 3. The maximum Gasteiger partial charge on any atom is 0.321 e. The molecule has 0 aliphatic carbocycles. The number of carbonyl (C=O) groups excluding carboxylic acids is 1. The van der Waals surface area contributed by atoms with Crippen LogP contribution >= 0.6 is 0 Å². The van der Waals surface area contributed by atoms with Crippen molar-refractivity contribution in [1.82, 2.24) is 19.7 Å². The number of sulfone groups is 1. The number of nitrogens with one attached hydrogen (secondary N) is 1. The van der Waals surface area contributed by atoms with Crippen LogP contribution in [0.4, 0.5) is 23.7 Å². The highest BCUT2D eigenvalue weighted by molar-refractivity contribution is 7.92. The highest BCUT2D eigenvalue weighted by atomic mass is 32.2. The Labute approximate surface area is 178 Å². The van der Waals surface area contributed by atoms with Crippen molar-refractivity contribution in [1.29, 1.82) is 0 Å². The molecule has 2 aromatic rings. The molecular weight excluding hydrogens is 435 g/mol. The van der Waals surface area contributed by atoms with Gasteiger partial charge in [0.25, 0.3) is 6.43 Å². The Kier molecular flexibility index (Phi) is 6.30. The highest BCUT2D eigenvalue weighted by Gasteiger charge is 2.50. The molecule has 0 bridgehead atoms. The number of aryl methyl sites for hydroxylation is 2. The molecular formula is C19H24F3N5O3S. The van der Waals surface area contributed by atoms with Crippen LogP contribution in [0.1, 0.15) is 37.6 Å². The number of alkyl halides is 3. The van der Waals surface area contributed by atoms with Gasteiger partial charge in [-0.05, 0) is 38.8 Å². The normalized spacial score (nSPS) is 17.6. The van der Waals surface area contributed by atoms with Gasteiger partial charge in [0, 0.05) is 37.9 Å². The number of urea groups is 1. The minimum Gasteiger partial charge on any atom is -0.325 e. The molecule has 1 N–H and O–H groups in total. The Bertz CT molecular complexity index is 1050. The first-order chi connectivity index (χ1) is 14.4. The smallest absolute Gasteiger partial charge is 0.321 e. The van der Waals surface area contributed by atoms with Gasteiger partial charge in [-0.2, -0.15) is 5.10 Å². The van der Waals surface area contributed by atoms with Crippen LogP contribution in [0.25, 0.3) is 0 Å². The quantitative estimate of drug-likeness (QED) is 0.739. The van der Waals surface area contributed by atoms with Crippen LogP contribution in [0.15, 0.2) is 29.4 Å². The summed E-state index contributed by atoms with van der Waals surface area (Å²) >= 11 is 0. The van der Waals surface area contributed by atoms with Gasteiger partial charge in [0.2, 0.25) is 14.8 Å². The van der Waals surface area contributed by atoms with Crippen LogP contribution in [0.2, 0.25) is 0 Å². The molecule has 1 aliphatic heterocycles. The lowest BCUT2D eigenvalue weighted by Crippen LogP contribution is -2.48. The zero-order valence-electron chi connectivity index (χ0n) is 17.3. The fraction of sp³-hybridized carbons (Fsp3) is 0.526. The molecule has 1 saturated heterocycles. The van der Waals surface area contributed by atoms with Gasteiger partial charge >= 0.3 is 6.03 Å². The fourth-order valence-corrected chi connectivity index (χ4v) is 5.42. The number of piperidine rings is 1. The molecule has 0 radical (unpaired) electrons. The second kappa shape index (κ2) is 8.48. The summed E-state index contributed by atoms with van der Waals surface area (Å²) in [6, 6.07) is 3.04. The molecule has 3 rings (SSSR count). The van der Waals surface area contributed by atoms with Crippen LogP contribution in [0, 0.1) is 12.8 Å². The molecule has 0 saturated carbocycles. The molecule has 2 aromatic heterocycles. The lowest BCUT2D eigenvalue weighted by Gasteiger charge is -2.37. The molecule has 12 heteroatoms. The van der Waals surface area contributed by atoms with Gasteiger partial charge in [0.05, 0.1) is 11.9 Å². The molecule has 0 aromatic carbocycles. The molecule has 0 unspecified atom stereocenters. The standard InChI is InChI=1S/C19H24F3N5O3S/c1-12-4-5-14(10-23-12)24-18(28)27-8-6-13(7-9-27)19(2,22)31(29,30)15-11-26(3)25-16(15)17(20)21/h4-5,10-11,13,17H,6-9H2,1-3H3,(H,24,28)/t19-/m1/s1. The lowest BCUT2D eigenvalue weighted by molar-refractivity contribution is 0.116. The minimum absolute atomic E-state index is 0.0655. The maximum atomic E-state index is 15.6. The molecule has 1 atom stereocenters. The Morgan fingerprint density at radius 2 is 1.94 bits per heavy atom. The zero-order chi connectivity index (χ0) is 23.0. The second-order valence-corrected chi connectivity index (χ2v) is 9.97. The van der Waals surface area contributed by atoms with Gasteiger partial charge < -0.3 is 10.2 Å². The van der Waals surface area contributed by atoms with E-state index < -0.39 is 43.8 Å². The van der Waals surface area contributed by atoms with E-state index in [1.165, 1.54) is 18.1 Å². The zero-order valence-corrected chi connectivity index (χ0v) is 18.2. The largest absolute Gasteiger partial charge is 0.325 e. The number of carbonyl (C=O) groups is 1. The summed E-state index contributed by atoms with van der Waals surface area (Å²) in [4.78, 5) is 17.2. The van der Waals surface area contributed by atoms with Crippen molar-refractivity contribution < 1.29 is 26.4 Å². The van der Waals surface area contributed by atoms with Gasteiger partial charge in [-0.15, -0.1) is 0 Å². The van der Waals surface area contributed by atoms with E-state index >= 15 is 4.39 Å². The third-order valence-electron chi connectivity index (χ3n) is 5.52. The maximum absolute atomic E-state index is 15.6. The lowest BCUT2D eigenvalue weighted by atomic mass is 9.92.